The van der Waals surface area contributed by atoms with E-state index in [9.17, 15) is 0 Å². The Labute approximate surface area is 372 Å². The van der Waals surface area contributed by atoms with Crippen molar-refractivity contribution in [3.8, 4) is 17.1 Å². The molecule has 302 valence electrons. The minimum Gasteiger partial charge on any atom is -0.309 e. The maximum atomic E-state index is 2.46. The largest absolute Gasteiger partial charge is 0.309 e. The zero-order valence-corrected chi connectivity index (χ0v) is 35.7. The summed E-state index contributed by atoms with van der Waals surface area (Å²) < 4.78 is 7.32. The lowest BCUT2D eigenvalue weighted by atomic mass is 10.1. The van der Waals surface area contributed by atoms with Gasteiger partial charge in [-0.3, -0.25) is 0 Å². The molecule has 4 heteroatoms. The smallest absolute Gasteiger partial charge is 0.0542 e. The quantitative estimate of drug-likeness (QED) is 0.152. The van der Waals surface area contributed by atoms with E-state index < -0.39 is 10.0 Å². The molecule has 0 N–H and O–H groups in total. The van der Waals surface area contributed by atoms with Crippen LogP contribution in [0, 0.1) is 0 Å². The van der Waals surface area contributed by atoms with Gasteiger partial charge in [0, 0.05) is 69.0 Å². The standard InChI is InChI=1S/C60H41N3S/c1-4-18-45(19-5-1)64(46-20-6-2-7-21-46,47-22-8-3-9-23-47)48-36-32-42(33-37-48)61-59-38-34-43(62-55-28-14-10-24-49(55)50-25-11-15-29-56(50)62)40-53(59)54-41-44(35-39-60(54)61)63-57-30-16-12-26-51(57)52-27-13-17-31-58(52)63/h1-41H. The highest BCUT2D eigenvalue weighted by atomic mass is 32.3. The summed E-state index contributed by atoms with van der Waals surface area (Å²) in [6, 6.07) is 91.9. The number of benzene rings is 10. The maximum Gasteiger partial charge on any atom is 0.0542 e. The van der Waals surface area contributed by atoms with Crippen molar-refractivity contribution in [1.29, 1.82) is 0 Å². The average Bonchev–Trinajstić information content (AvgIpc) is 4.01. The maximum absolute atomic E-state index is 2.46. The molecule has 0 aliphatic heterocycles. The molecule has 0 fully saturated rings. The van der Waals surface area contributed by atoms with Crippen molar-refractivity contribution in [1.82, 2.24) is 13.7 Å². The highest BCUT2D eigenvalue weighted by Crippen LogP contribution is 2.73. The van der Waals surface area contributed by atoms with E-state index in [1.165, 1.54) is 85.0 Å². The van der Waals surface area contributed by atoms with Crippen LogP contribution in [0.4, 0.5) is 0 Å². The van der Waals surface area contributed by atoms with Crippen molar-refractivity contribution in [2.75, 3.05) is 0 Å². The summed E-state index contributed by atoms with van der Waals surface area (Å²) in [6.07, 6.45) is 0. The van der Waals surface area contributed by atoms with Gasteiger partial charge in [-0.25, -0.2) is 0 Å². The second-order valence-electron chi connectivity index (χ2n) is 16.5. The van der Waals surface area contributed by atoms with Crippen LogP contribution in [0.25, 0.3) is 82.5 Å². The summed E-state index contributed by atoms with van der Waals surface area (Å²) in [5.41, 5.74) is 10.6. The Hall–Kier alpha value is -8.05. The molecule has 10 aromatic carbocycles. The van der Waals surface area contributed by atoms with Crippen LogP contribution >= 0.6 is 10.0 Å². The molecule has 0 bridgehead atoms. The van der Waals surface area contributed by atoms with E-state index in [1.54, 1.807) is 0 Å². The lowest BCUT2D eigenvalue weighted by Crippen LogP contribution is -2.05. The summed E-state index contributed by atoms with van der Waals surface area (Å²) in [7, 11) is -1.83. The van der Waals surface area contributed by atoms with Crippen molar-refractivity contribution in [2.45, 2.75) is 19.6 Å². The van der Waals surface area contributed by atoms with Crippen molar-refractivity contribution < 1.29 is 0 Å². The van der Waals surface area contributed by atoms with E-state index in [2.05, 4.69) is 262 Å². The van der Waals surface area contributed by atoms with Gasteiger partial charge in [0.15, 0.2) is 0 Å². The first-order valence-electron chi connectivity index (χ1n) is 21.9. The lowest BCUT2D eigenvalue weighted by molar-refractivity contribution is 1.15. The van der Waals surface area contributed by atoms with Crippen LogP contribution < -0.4 is 0 Å². The minimum absolute atomic E-state index is 1.13. The monoisotopic (exact) mass is 835 g/mol. The van der Waals surface area contributed by atoms with Crippen molar-refractivity contribution >= 4 is 75.4 Å². The Morgan fingerprint density at radius 2 is 0.469 bits per heavy atom. The van der Waals surface area contributed by atoms with E-state index in [4.69, 9.17) is 0 Å². The molecule has 13 rings (SSSR count). The van der Waals surface area contributed by atoms with Gasteiger partial charge in [0.25, 0.3) is 0 Å². The highest BCUT2D eigenvalue weighted by molar-refractivity contribution is 8.34. The molecule has 0 radical (unpaired) electrons. The molecule has 0 aliphatic carbocycles. The van der Waals surface area contributed by atoms with Gasteiger partial charge in [0.05, 0.1) is 33.1 Å². The summed E-state index contributed by atoms with van der Waals surface area (Å²) in [5, 5.41) is 7.45. The van der Waals surface area contributed by atoms with Gasteiger partial charge in [-0.05, 0) is 121 Å². The second-order valence-corrected chi connectivity index (χ2v) is 19.6. The molecular weight excluding hydrogens is 795 g/mol. The Bertz CT molecular complexity index is 3510. The molecule has 13 aromatic rings. The number of para-hydroxylation sites is 4. The molecule has 0 saturated carbocycles. The fourth-order valence-electron chi connectivity index (χ4n) is 10.4. The molecule has 3 nitrogen and oxygen atoms in total. The number of fused-ring (bicyclic) bond motifs is 9. The third kappa shape index (κ3) is 5.36. The first kappa shape index (κ1) is 36.6. The van der Waals surface area contributed by atoms with Gasteiger partial charge in [-0.2, -0.15) is 0 Å². The summed E-state index contributed by atoms with van der Waals surface area (Å²) in [4.78, 5) is 5.23. The summed E-state index contributed by atoms with van der Waals surface area (Å²) >= 11 is 0. The Balaban J connectivity index is 1.06. The van der Waals surface area contributed by atoms with Crippen LogP contribution in [0.2, 0.25) is 0 Å². The number of hydrogen-bond donors (Lipinski definition) is 0. The molecular formula is C60H41N3S. The molecule has 3 heterocycles. The fraction of sp³-hybridized carbons (Fsp3) is 0. The van der Waals surface area contributed by atoms with E-state index >= 15 is 0 Å². The van der Waals surface area contributed by atoms with E-state index in [0.29, 0.717) is 0 Å². The van der Waals surface area contributed by atoms with E-state index in [1.807, 2.05) is 0 Å². The van der Waals surface area contributed by atoms with Crippen molar-refractivity contribution in [3.63, 3.8) is 0 Å². The number of hydrogen-bond acceptors (Lipinski definition) is 0. The number of rotatable bonds is 7. The first-order valence-corrected chi connectivity index (χ1v) is 23.6. The molecule has 0 atom stereocenters. The predicted molar refractivity (Wildman–Crippen MR) is 269 cm³/mol. The van der Waals surface area contributed by atoms with Crippen LogP contribution in [0.5, 0.6) is 0 Å². The number of aromatic nitrogens is 3. The van der Waals surface area contributed by atoms with Crippen molar-refractivity contribution in [3.05, 3.63) is 249 Å². The Kier molecular flexibility index (Phi) is 8.30. The molecule has 3 aromatic heterocycles. The van der Waals surface area contributed by atoms with Crippen LogP contribution in [0.1, 0.15) is 0 Å². The van der Waals surface area contributed by atoms with Gasteiger partial charge in [-0.1, -0.05) is 127 Å². The normalized spacial score (nSPS) is 12.3. The Morgan fingerprint density at radius 3 is 0.828 bits per heavy atom. The lowest BCUT2D eigenvalue weighted by Gasteiger charge is -2.42. The van der Waals surface area contributed by atoms with Crippen LogP contribution in [-0.2, 0) is 0 Å². The van der Waals surface area contributed by atoms with Crippen LogP contribution in [0.15, 0.2) is 268 Å². The zero-order valence-electron chi connectivity index (χ0n) is 34.9. The third-order valence-corrected chi connectivity index (χ3v) is 17.1. The topological polar surface area (TPSA) is 14.8 Å². The molecule has 0 saturated heterocycles. The fourth-order valence-corrected chi connectivity index (χ4v) is 14.3. The molecule has 64 heavy (non-hydrogen) atoms. The summed E-state index contributed by atoms with van der Waals surface area (Å²) in [5.74, 6) is 0. The van der Waals surface area contributed by atoms with Gasteiger partial charge in [-0.15, -0.1) is 10.0 Å². The van der Waals surface area contributed by atoms with E-state index in [0.717, 1.165) is 17.1 Å². The molecule has 0 amide bonds. The van der Waals surface area contributed by atoms with Gasteiger partial charge in [0.1, 0.15) is 0 Å². The number of nitrogens with zero attached hydrogens (tertiary/aromatic N) is 3. The SMILES string of the molecule is c1ccc(S(c2ccccc2)(c2ccccc2)c2ccc(-n3c4ccc(-n5c6ccccc6c6ccccc65)cc4c4cc(-n5c6ccccc6c6ccccc65)ccc43)cc2)cc1. The zero-order chi connectivity index (χ0) is 42.2. The predicted octanol–water partition coefficient (Wildman–Crippen LogP) is 16.3. The third-order valence-electron chi connectivity index (χ3n) is 13.1. The van der Waals surface area contributed by atoms with E-state index in [-0.39, 0.29) is 0 Å². The highest BCUT2D eigenvalue weighted by Gasteiger charge is 2.33. The Morgan fingerprint density at radius 1 is 0.203 bits per heavy atom. The van der Waals surface area contributed by atoms with Crippen LogP contribution in [0.3, 0.4) is 0 Å². The van der Waals surface area contributed by atoms with Gasteiger partial charge < -0.3 is 13.7 Å². The first-order chi connectivity index (χ1) is 31.8. The van der Waals surface area contributed by atoms with Gasteiger partial charge >= 0.3 is 0 Å². The molecule has 0 spiro atoms. The summed E-state index contributed by atoms with van der Waals surface area (Å²) in [6.45, 7) is 0. The average molecular weight is 836 g/mol. The second kappa shape index (κ2) is 14.5. The molecule has 0 aliphatic rings. The van der Waals surface area contributed by atoms with Crippen molar-refractivity contribution in [2.24, 2.45) is 0 Å². The van der Waals surface area contributed by atoms with Crippen LogP contribution in [-0.4, -0.2) is 13.7 Å². The van der Waals surface area contributed by atoms with Gasteiger partial charge in [0.2, 0.25) is 0 Å². The molecule has 0 unspecified atom stereocenters. The minimum atomic E-state index is -1.83.